The van der Waals surface area contributed by atoms with Gasteiger partial charge < -0.3 is 19.9 Å². The normalized spacial score (nSPS) is 24.4. The summed E-state index contributed by atoms with van der Waals surface area (Å²) in [7, 11) is 0. The summed E-state index contributed by atoms with van der Waals surface area (Å²) in [5.74, 6) is 0.858. The first-order valence-corrected chi connectivity index (χ1v) is 5.55. The summed E-state index contributed by atoms with van der Waals surface area (Å²) in [4.78, 5) is 0. The molecule has 0 aliphatic carbocycles. The maximum atomic E-state index is 9.58. The first kappa shape index (κ1) is 11.2. The molecule has 1 saturated heterocycles. The van der Waals surface area contributed by atoms with Crippen LogP contribution in [0.4, 0.5) is 5.69 Å². The van der Waals surface area contributed by atoms with Crippen molar-refractivity contribution in [3.63, 3.8) is 0 Å². The third-order valence-corrected chi connectivity index (χ3v) is 2.57. The van der Waals surface area contributed by atoms with Crippen LogP contribution < -0.4 is 10.1 Å². The van der Waals surface area contributed by atoms with E-state index in [9.17, 15) is 5.11 Å². The molecule has 2 N–H and O–H groups in total. The summed E-state index contributed by atoms with van der Waals surface area (Å²) in [5.41, 5.74) is 0.970. The number of anilines is 1. The standard InChI is InChI=1S/C12H17NO3/c1-2-16-10-5-3-9(4-6-10)13-11-7-15-8-12(11)14/h3-6,11-14H,2,7-8H2,1H3. The molecule has 4 nitrogen and oxygen atoms in total. The van der Waals surface area contributed by atoms with Crippen molar-refractivity contribution in [2.75, 3.05) is 25.1 Å². The zero-order valence-electron chi connectivity index (χ0n) is 9.35. The molecule has 1 aliphatic rings. The number of rotatable bonds is 4. The van der Waals surface area contributed by atoms with Crippen molar-refractivity contribution in [2.24, 2.45) is 0 Å². The van der Waals surface area contributed by atoms with Gasteiger partial charge in [-0.05, 0) is 31.2 Å². The van der Waals surface area contributed by atoms with Crippen molar-refractivity contribution in [2.45, 2.75) is 19.1 Å². The number of nitrogens with one attached hydrogen (secondary N) is 1. The monoisotopic (exact) mass is 223 g/mol. The molecule has 0 spiro atoms. The average molecular weight is 223 g/mol. The highest BCUT2D eigenvalue weighted by molar-refractivity contribution is 5.47. The van der Waals surface area contributed by atoms with Crippen LogP contribution in [0.5, 0.6) is 5.75 Å². The van der Waals surface area contributed by atoms with E-state index >= 15 is 0 Å². The van der Waals surface area contributed by atoms with Gasteiger partial charge in [-0.2, -0.15) is 0 Å². The van der Waals surface area contributed by atoms with Gasteiger partial charge in [-0.15, -0.1) is 0 Å². The molecule has 2 rings (SSSR count). The van der Waals surface area contributed by atoms with Crippen LogP contribution in [0.3, 0.4) is 0 Å². The smallest absolute Gasteiger partial charge is 0.119 e. The van der Waals surface area contributed by atoms with E-state index < -0.39 is 6.10 Å². The van der Waals surface area contributed by atoms with Crippen LogP contribution in [0.15, 0.2) is 24.3 Å². The number of aliphatic hydroxyl groups excluding tert-OH is 1. The lowest BCUT2D eigenvalue weighted by Gasteiger charge is -2.16. The second kappa shape index (κ2) is 5.18. The summed E-state index contributed by atoms with van der Waals surface area (Å²) >= 11 is 0. The molecule has 4 heteroatoms. The zero-order valence-corrected chi connectivity index (χ0v) is 9.35. The van der Waals surface area contributed by atoms with E-state index in [1.165, 1.54) is 0 Å². The Balaban J connectivity index is 1.94. The van der Waals surface area contributed by atoms with Crippen molar-refractivity contribution in [3.05, 3.63) is 24.3 Å². The molecule has 0 bridgehead atoms. The quantitative estimate of drug-likeness (QED) is 0.806. The molecule has 0 radical (unpaired) electrons. The van der Waals surface area contributed by atoms with E-state index in [4.69, 9.17) is 9.47 Å². The van der Waals surface area contributed by atoms with Gasteiger partial charge >= 0.3 is 0 Å². The average Bonchev–Trinajstić information content (AvgIpc) is 2.68. The fraction of sp³-hybridized carbons (Fsp3) is 0.500. The van der Waals surface area contributed by atoms with Gasteiger partial charge in [0, 0.05) is 5.69 Å². The van der Waals surface area contributed by atoms with Gasteiger partial charge in [0.25, 0.3) is 0 Å². The Morgan fingerprint density at radius 1 is 1.38 bits per heavy atom. The number of aliphatic hydroxyl groups is 1. The van der Waals surface area contributed by atoms with Crippen LogP contribution in [0.25, 0.3) is 0 Å². The van der Waals surface area contributed by atoms with E-state index in [-0.39, 0.29) is 6.04 Å². The van der Waals surface area contributed by atoms with Gasteiger partial charge in [-0.25, -0.2) is 0 Å². The Morgan fingerprint density at radius 3 is 2.69 bits per heavy atom. The molecule has 0 saturated carbocycles. The zero-order chi connectivity index (χ0) is 11.4. The van der Waals surface area contributed by atoms with Crippen molar-refractivity contribution < 1.29 is 14.6 Å². The third kappa shape index (κ3) is 2.65. The SMILES string of the molecule is CCOc1ccc(NC2COCC2O)cc1. The van der Waals surface area contributed by atoms with Gasteiger partial charge in [0.05, 0.1) is 32.0 Å². The van der Waals surface area contributed by atoms with Crippen LogP contribution in [0.2, 0.25) is 0 Å². The molecule has 88 valence electrons. The van der Waals surface area contributed by atoms with Crippen LogP contribution in [0.1, 0.15) is 6.92 Å². The second-order valence-corrected chi connectivity index (χ2v) is 3.81. The molecule has 0 aromatic heterocycles. The number of hydrogen-bond acceptors (Lipinski definition) is 4. The summed E-state index contributed by atoms with van der Waals surface area (Å²) < 4.78 is 10.5. The topological polar surface area (TPSA) is 50.7 Å². The number of hydrogen-bond donors (Lipinski definition) is 2. The maximum Gasteiger partial charge on any atom is 0.119 e. The highest BCUT2D eigenvalue weighted by atomic mass is 16.5. The molecule has 2 atom stereocenters. The predicted octanol–water partition coefficient (Wildman–Crippen LogP) is 1.26. The van der Waals surface area contributed by atoms with Crippen LogP contribution in [-0.2, 0) is 4.74 Å². The lowest BCUT2D eigenvalue weighted by atomic mass is 10.2. The first-order valence-electron chi connectivity index (χ1n) is 5.55. The van der Waals surface area contributed by atoms with E-state index in [1.54, 1.807) is 0 Å². The number of benzene rings is 1. The van der Waals surface area contributed by atoms with Crippen molar-refractivity contribution in [3.8, 4) is 5.75 Å². The van der Waals surface area contributed by atoms with Crippen LogP contribution in [-0.4, -0.2) is 37.1 Å². The van der Waals surface area contributed by atoms with E-state index in [0.29, 0.717) is 19.8 Å². The summed E-state index contributed by atoms with van der Waals surface area (Å²) in [6.45, 7) is 3.59. The molecule has 16 heavy (non-hydrogen) atoms. The van der Waals surface area contributed by atoms with Gasteiger partial charge in [0.1, 0.15) is 5.75 Å². The summed E-state index contributed by atoms with van der Waals surface area (Å²) in [6.07, 6.45) is -0.424. The number of ether oxygens (including phenoxy) is 2. The largest absolute Gasteiger partial charge is 0.494 e. The lowest BCUT2D eigenvalue weighted by Crippen LogP contribution is -2.31. The Labute approximate surface area is 95.2 Å². The second-order valence-electron chi connectivity index (χ2n) is 3.81. The Kier molecular flexibility index (Phi) is 3.64. The molecule has 1 heterocycles. The van der Waals surface area contributed by atoms with Gasteiger partial charge in [0.2, 0.25) is 0 Å². The van der Waals surface area contributed by atoms with Gasteiger partial charge in [-0.1, -0.05) is 0 Å². The molecule has 2 unspecified atom stereocenters. The third-order valence-electron chi connectivity index (χ3n) is 2.57. The molecular weight excluding hydrogens is 206 g/mol. The Morgan fingerprint density at radius 2 is 2.12 bits per heavy atom. The van der Waals surface area contributed by atoms with Crippen LogP contribution in [0, 0.1) is 0 Å². The molecule has 0 amide bonds. The summed E-state index contributed by atoms with van der Waals surface area (Å²) in [6, 6.07) is 7.69. The van der Waals surface area contributed by atoms with E-state index in [2.05, 4.69) is 5.32 Å². The maximum absolute atomic E-state index is 9.58. The Hall–Kier alpha value is -1.26. The van der Waals surface area contributed by atoms with E-state index in [1.807, 2.05) is 31.2 Å². The van der Waals surface area contributed by atoms with Gasteiger partial charge in [-0.3, -0.25) is 0 Å². The lowest BCUT2D eigenvalue weighted by molar-refractivity contribution is 0.125. The van der Waals surface area contributed by atoms with Crippen molar-refractivity contribution >= 4 is 5.69 Å². The minimum absolute atomic E-state index is 0.0158. The first-order chi connectivity index (χ1) is 7.79. The molecule has 1 aromatic rings. The minimum atomic E-state index is -0.424. The van der Waals surface area contributed by atoms with E-state index in [0.717, 1.165) is 11.4 Å². The van der Waals surface area contributed by atoms with Crippen molar-refractivity contribution in [1.82, 2.24) is 0 Å². The highest BCUT2D eigenvalue weighted by Crippen LogP contribution is 2.18. The summed E-state index contributed by atoms with van der Waals surface area (Å²) in [5, 5.41) is 12.8. The minimum Gasteiger partial charge on any atom is -0.494 e. The fourth-order valence-corrected chi connectivity index (χ4v) is 1.71. The predicted molar refractivity (Wildman–Crippen MR) is 61.8 cm³/mol. The molecule has 1 fully saturated rings. The molecule has 1 aromatic carbocycles. The van der Waals surface area contributed by atoms with Crippen LogP contribution >= 0.6 is 0 Å². The Bertz CT molecular complexity index is 326. The molecule has 1 aliphatic heterocycles. The highest BCUT2D eigenvalue weighted by Gasteiger charge is 2.25. The fourth-order valence-electron chi connectivity index (χ4n) is 1.71. The van der Waals surface area contributed by atoms with Gasteiger partial charge in [0.15, 0.2) is 0 Å². The van der Waals surface area contributed by atoms with Crippen molar-refractivity contribution in [1.29, 1.82) is 0 Å². The molecular formula is C12H17NO3.